The Balaban J connectivity index is 1.50. The van der Waals surface area contributed by atoms with Gasteiger partial charge in [0, 0.05) is 23.1 Å². The number of hydrogen-bond acceptors (Lipinski definition) is 6. The van der Waals surface area contributed by atoms with E-state index < -0.39 is 0 Å². The van der Waals surface area contributed by atoms with Crippen LogP contribution in [0, 0.1) is 0 Å². The van der Waals surface area contributed by atoms with Crippen LogP contribution in [0.4, 0.5) is 5.82 Å². The number of rotatable bonds is 3. The maximum absolute atomic E-state index is 9.71. The number of aliphatic hydroxyl groups is 1. The third kappa shape index (κ3) is 3.08. The van der Waals surface area contributed by atoms with Crippen molar-refractivity contribution < 1.29 is 5.11 Å². The molecular weight excluding hydrogens is 430 g/mol. The summed E-state index contributed by atoms with van der Waals surface area (Å²) in [7, 11) is 0. The molecule has 0 radical (unpaired) electrons. The number of hydrogen-bond donors (Lipinski definition) is 2. The van der Waals surface area contributed by atoms with E-state index in [1.165, 1.54) is 0 Å². The summed E-state index contributed by atoms with van der Waals surface area (Å²) in [5.41, 5.74) is 10.2. The summed E-state index contributed by atoms with van der Waals surface area (Å²) in [6.45, 7) is 0. The number of pyridine rings is 1. The summed E-state index contributed by atoms with van der Waals surface area (Å²) in [6, 6.07) is 12.0. The molecule has 0 saturated heterocycles. The molecule has 1 aromatic carbocycles. The van der Waals surface area contributed by atoms with E-state index in [1.54, 1.807) is 17.5 Å². The van der Waals surface area contributed by atoms with Gasteiger partial charge in [-0.25, -0.2) is 15.0 Å². The van der Waals surface area contributed by atoms with Crippen molar-refractivity contribution in [1.29, 1.82) is 0 Å². The Hall–Kier alpha value is -3.00. The van der Waals surface area contributed by atoms with Crippen molar-refractivity contribution >= 4 is 45.2 Å². The molecule has 0 unspecified atom stereocenters. The molecule has 0 bridgehead atoms. The predicted octanol–water partition coefficient (Wildman–Crippen LogP) is 5.15. The zero-order chi connectivity index (χ0) is 21.1. The lowest BCUT2D eigenvalue weighted by atomic mass is 9.82. The van der Waals surface area contributed by atoms with E-state index in [9.17, 15) is 5.11 Å². The lowest BCUT2D eigenvalue weighted by molar-refractivity contribution is 0.0715. The second-order valence-electron chi connectivity index (χ2n) is 7.90. The molecule has 1 saturated carbocycles. The highest BCUT2D eigenvalue weighted by molar-refractivity contribution is 7.13. The molecule has 5 aromatic rings. The van der Waals surface area contributed by atoms with Gasteiger partial charge in [-0.3, -0.25) is 4.40 Å². The zero-order valence-corrected chi connectivity index (χ0v) is 17.9. The molecule has 0 amide bonds. The molecule has 6 rings (SSSR count). The SMILES string of the molecule is Nc1nc(-c2cc3nc(-c4cccs4)ccc3cc2Cl)cn2c(C3CC(O)C3)ncc12. The fourth-order valence-corrected chi connectivity index (χ4v) is 5.13. The Kier molecular flexibility index (Phi) is 4.24. The molecule has 1 aliphatic rings. The van der Waals surface area contributed by atoms with Gasteiger partial charge in [0.05, 0.1) is 39.1 Å². The number of fused-ring (bicyclic) bond motifs is 2. The quantitative estimate of drug-likeness (QED) is 0.399. The molecule has 31 heavy (non-hydrogen) atoms. The molecule has 3 N–H and O–H groups in total. The molecule has 0 spiro atoms. The normalized spacial score (nSPS) is 18.5. The molecule has 4 aromatic heterocycles. The summed E-state index contributed by atoms with van der Waals surface area (Å²) in [5, 5.41) is 13.3. The monoisotopic (exact) mass is 447 g/mol. The van der Waals surface area contributed by atoms with E-state index in [0.717, 1.165) is 38.4 Å². The number of anilines is 1. The van der Waals surface area contributed by atoms with Crippen LogP contribution >= 0.6 is 22.9 Å². The van der Waals surface area contributed by atoms with Gasteiger partial charge in [-0.1, -0.05) is 23.7 Å². The van der Waals surface area contributed by atoms with Crippen molar-refractivity contribution in [3.8, 4) is 21.8 Å². The second kappa shape index (κ2) is 7.02. The van der Waals surface area contributed by atoms with Crippen molar-refractivity contribution in [2.45, 2.75) is 24.9 Å². The van der Waals surface area contributed by atoms with Gasteiger partial charge in [0.25, 0.3) is 0 Å². The predicted molar refractivity (Wildman–Crippen MR) is 124 cm³/mol. The van der Waals surface area contributed by atoms with E-state index >= 15 is 0 Å². The van der Waals surface area contributed by atoms with Gasteiger partial charge in [-0.15, -0.1) is 11.3 Å². The molecular formula is C23H18ClN5OS. The summed E-state index contributed by atoms with van der Waals surface area (Å²) in [4.78, 5) is 15.1. The zero-order valence-electron chi connectivity index (χ0n) is 16.4. The Morgan fingerprint density at radius 2 is 2.00 bits per heavy atom. The van der Waals surface area contributed by atoms with Crippen molar-refractivity contribution in [3.05, 3.63) is 65.0 Å². The van der Waals surface area contributed by atoms with Gasteiger partial charge in [0.1, 0.15) is 17.2 Å². The average molecular weight is 448 g/mol. The Morgan fingerprint density at radius 1 is 1.13 bits per heavy atom. The van der Waals surface area contributed by atoms with Crippen LogP contribution in [0.2, 0.25) is 5.02 Å². The highest BCUT2D eigenvalue weighted by Crippen LogP contribution is 2.38. The molecule has 6 nitrogen and oxygen atoms in total. The number of imidazole rings is 1. The van der Waals surface area contributed by atoms with E-state index in [1.807, 2.05) is 46.3 Å². The number of nitrogens with zero attached hydrogens (tertiary/aromatic N) is 4. The first-order chi connectivity index (χ1) is 15.1. The summed E-state index contributed by atoms with van der Waals surface area (Å²) < 4.78 is 1.98. The fourth-order valence-electron chi connectivity index (χ4n) is 4.17. The van der Waals surface area contributed by atoms with Gasteiger partial charge < -0.3 is 10.8 Å². The van der Waals surface area contributed by atoms with Gasteiger partial charge in [-0.05, 0) is 42.5 Å². The first-order valence-corrected chi connectivity index (χ1v) is 11.3. The molecule has 154 valence electrons. The van der Waals surface area contributed by atoms with Crippen molar-refractivity contribution in [1.82, 2.24) is 19.4 Å². The molecule has 0 aliphatic heterocycles. The number of halogens is 1. The number of aromatic nitrogens is 4. The first-order valence-electron chi connectivity index (χ1n) is 10.0. The topological polar surface area (TPSA) is 89.3 Å². The lowest BCUT2D eigenvalue weighted by Crippen LogP contribution is -2.28. The van der Waals surface area contributed by atoms with Crippen LogP contribution in [0.1, 0.15) is 24.6 Å². The Labute approximate surface area is 187 Å². The van der Waals surface area contributed by atoms with Crippen LogP contribution in [-0.2, 0) is 0 Å². The molecule has 8 heteroatoms. The molecule has 1 aliphatic carbocycles. The van der Waals surface area contributed by atoms with Crippen molar-refractivity contribution in [2.24, 2.45) is 0 Å². The molecule has 0 atom stereocenters. The highest BCUT2D eigenvalue weighted by atomic mass is 35.5. The largest absolute Gasteiger partial charge is 0.393 e. The standard InChI is InChI=1S/C23H18ClN5OS/c24-16-8-12-3-4-17(21-2-1-5-31-21)27-18(12)9-15(16)19-11-29-20(22(25)28-19)10-26-23(29)13-6-14(30)7-13/h1-5,8-11,13-14,30H,6-7H2,(H2,25,28). The van der Waals surface area contributed by atoms with Crippen LogP contribution < -0.4 is 5.73 Å². The fraction of sp³-hybridized carbons (Fsp3) is 0.174. The maximum atomic E-state index is 9.71. The number of nitrogen functional groups attached to an aromatic ring is 1. The summed E-state index contributed by atoms with van der Waals surface area (Å²) >= 11 is 8.31. The van der Waals surface area contributed by atoms with Crippen LogP contribution in [0.25, 0.3) is 38.2 Å². The van der Waals surface area contributed by atoms with Crippen molar-refractivity contribution in [3.63, 3.8) is 0 Å². The van der Waals surface area contributed by atoms with Crippen LogP contribution in [-0.4, -0.2) is 30.6 Å². The second-order valence-corrected chi connectivity index (χ2v) is 9.26. The lowest BCUT2D eigenvalue weighted by Gasteiger charge is -2.30. The number of thiophene rings is 1. The van der Waals surface area contributed by atoms with Gasteiger partial charge in [-0.2, -0.15) is 0 Å². The summed E-state index contributed by atoms with van der Waals surface area (Å²) in [5.74, 6) is 1.51. The minimum absolute atomic E-state index is 0.217. The molecule has 4 heterocycles. The minimum atomic E-state index is -0.255. The summed E-state index contributed by atoms with van der Waals surface area (Å²) in [6.07, 6.45) is 4.83. The minimum Gasteiger partial charge on any atom is -0.393 e. The number of benzene rings is 1. The van der Waals surface area contributed by atoms with E-state index in [2.05, 4.69) is 16.0 Å². The smallest absolute Gasteiger partial charge is 0.150 e. The van der Waals surface area contributed by atoms with Gasteiger partial charge in [0.2, 0.25) is 0 Å². The first kappa shape index (κ1) is 18.7. The van der Waals surface area contributed by atoms with Crippen molar-refractivity contribution in [2.75, 3.05) is 5.73 Å². The van der Waals surface area contributed by atoms with E-state index in [0.29, 0.717) is 29.4 Å². The average Bonchev–Trinajstić information content (AvgIpc) is 3.41. The number of aliphatic hydroxyl groups excluding tert-OH is 1. The van der Waals surface area contributed by atoms with E-state index in [4.69, 9.17) is 22.3 Å². The maximum Gasteiger partial charge on any atom is 0.150 e. The molecule has 1 fully saturated rings. The van der Waals surface area contributed by atoms with E-state index in [-0.39, 0.29) is 12.0 Å². The van der Waals surface area contributed by atoms with Gasteiger partial charge in [0.15, 0.2) is 0 Å². The van der Waals surface area contributed by atoms with Crippen LogP contribution in [0.15, 0.2) is 54.2 Å². The Bertz CT molecular complexity index is 1440. The third-order valence-electron chi connectivity index (χ3n) is 5.89. The Morgan fingerprint density at radius 3 is 2.77 bits per heavy atom. The van der Waals surface area contributed by atoms with Gasteiger partial charge >= 0.3 is 0 Å². The number of nitrogens with two attached hydrogens (primary N) is 1. The van der Waals surface area contributed by atoms with Crippen LogP contribution in [0.3, 0.4) is 0 Å². The van der Waals surface area contributed by atoms with Crippen LogP contribution in [0.5, 0.6) is 0 Å². The highest BCUT2D eigenvalue weighted by Gasteiger charge is 2.32. The third-order valence-corrected chi connectivity index (χ3v) is 7.09.